The van der Waals surface area contributed by atoms with E-state index in [2.05, 4.69) is 30.5 Å². The number of anilines is 1. The molecule has 0 fully saturated rings. The van der Waals surface area contributed by atoms with Crippen LogP contribution < -0.4 is 5.32 Å². The van der Waals surface area contributed by atoms with Crippen LogP contribution in [0.1, 0.15) is 50.2 Å². The lowest BCUT2D eigenvalue weighted by Crippen LogP contribution is -2.22. The molecule has 0 radical (unpaired) electrons. The molecule has 1 aromatic rings. The zero-order chi connectivity index (χ0) is 12.3. The van der Waals surface area contributed by atoms with Crippen LogP contribution in [-0.4, -0.2) is 16.7 Å². The average Bonchev–Trinajstić information content (AvgIpc) is 2.57. The Kier molecular flexibility index (Phi) is 4.08. The van der Waals surface area contributed by atoms with E-state index in [0.717, 1.165) is 29.2 Å². The molecule has 0 spiro atoms. The molecule has 1 rings (SSSR count). The fraction of sp³-hybridized carbons (Fsp3) is 0.667. The molecule has 3 nitrogen and oxygen atoms in total. The van der Waals surface area contributed by atoms with Crippen molar-refractivity contribution in [1.29, 1.82) is 0 Å². The first kappa shape index (κ1) is 13.2. The lowest BCUT2D eigenvalue weighted by Gasteiger charge is -2.23. The summed E-state index contributed by atoms with van der Waals surface area (Å²) >= 11 is 1.37. The molecular formula is C12H20N2OS. The Morgan fingerprint density at radius 2 is 2.12 bits per heavy atom. The van der Waals surface area contributed by atoms with E-state index in [1.165, 1.54) is 11.5 Å². The number of aromatic nitrogens is 1. The van der Waals surface area contributed by atoms with Gasteiger partial charge in [0.2, 0.25) is 0 Å². The van der Waals surface area contributed by atoms with Crippen molar-refractivity contribution in [2.45, 2.75) is 41.0 Å². The Labute approximate surface area is 101 Å². The van der Waals surface area contributed by atoms with Crippen LogP contribution in [0.15, 0.2) is 0 Å². The lowest BCUT2D eigenvalue weighted by molar-refractivity contribution is 0.101. The van der Waals surface area contributed by atoms with E-state index in [4.69, 9.17) is 0 Å². The number of rotatable bonds is 5. The van der Waals surface area contributed by atoms with E-state index in [0.29, 0.717) is 0 Å². The lowest BCUT2D eigenvalue weighted by atomic mass is 9.90. The van der Waals surface area contributed by atoms with E-state index < -0.39 is 0 Å². The van der Waals surface area contributed by atoms with Gasteiger partial charge in [0, 0.05) is 6.54 Å². The average molecular weight is 240 g/mol. The second-order valence-electron chi connectivity index (χ2n) is 4.90. The monoisotopic (exact) mass is 240 g/mol. The quantitative estimate of drug-likeness (QED) is 0.801. The fourth-order valence-corrected chi connectivity index (χ4v) is 2.19. The molecule has 0 saturated carbocycles. The minimum Gasteiger partial charge on any atom is -0.375 e. The largest absolute Gasteiger partial charge is 0.375 e. The molecule has 1 aromatic heterocycles. The van der Waals surface area contributed by atoms with Gasteiger partial charge in [-0.3, -0.25) is 4.79 Å². The van der Waals surface area contributed by atoms with E-state index in [1.807, 2.05) is 6.92 Å². The van der Waals surface area contributed by atoms with Crippen LogP contribution in [0.4, 0.5) is 5.00 Å². The summed E-state index contributed by atoms with van der Waals surface area (Å²) in [6.07, 6.45) is 1.10. The number of ketones is 1. The molecule has 0 amide bonds. The van der Waals surface area contributed by atoms with Crippen molar-refractivity contribution in [1.82, 2.24) is 4.37 Å². The topological polar surface area (TPSA) is 42.0 Å². The molecule has 16 heavy (non-hydrogen) atoms. The predicted octanol–water partition coefficient (Wildman–Crippen LogP) is 3.50. The molecule has 0 unspecified atom stereocenters. The Balaban J connectivity index is 2.79. The van der Waals surface area contributed by atoms with Crippen molar-refractivity contribution >= 4 is 22.3 Å². The number of nitrogens with one attached hydrogen (secondary N) is 1. The highest BCUT2D eigenvalue weighted by Gasteiger charge is 2.19. The van der Waals surface area contributed by atoms with Crippen LogP contribution in [0.5, 0.6) is 0 Å². The van der Waals surface area contributed by atoms with E-state index in [-0.39, 0.29) is 11.2 Å². The van der Waals surface area contributed by atoms with Crippen molar-refractivity contribution in [2.75, 3.05) is 11.9 Å². The van der Waals surface area contributed by atoms with Crippen LogP contribution in [0.25, 0.3) is 0 Å². The van der Waals surface area contributed by atoms with Gasteiger partial charge in [-0.1, -0.05) is 20.8 Å². The zero-order valence-electron chi connectivity index (χ0n) is 10.7. The number of Topliss-reactive ketones (excluding diaryl/α,β-unsaturated/α-hetero) is 1. The second kappa shape index (κ2) is 4.95. The number of aryl methyl sites for hydroxylation is 1. The van der Waals surface area contributed by atoms with E-state index >= 15 is 0 Å². The number of carbonyl (C=O) groups excluding carboxylic acids is 1. The summed E-state index contributed by atoms with van der Waals surface area (Å²) in [6.45, 7) is 10.9. The Bertz CT molecular complexity index is 382. The summed E-state index contributed by atoms with van der Waals surface area (Å²) in [6, 6.07) is 0. The smallest absolute Gasteiger partial charge is 0.164 e. The first-order valence-electron chi connectivity index (χ1n) is 5.58. The molecule has 0 aromatic carbocycles. The third-order valence-corrected chi connectivity index (χ3v) is 3.80. The summed E-state index contributed by atoms with van der Waals surface area (Å²) in [5.41, 5.74) is 1.82. The maximum atomic E-state index is 11.5. The van der Waals surface area contributed by atoms with Crippen LogP contribution in [0.2, 0.25) is 0 Å². The molecular weight excluding hydrogens is 220 g/mol. The number of nitrogens with zero attached hydrogens (tertiary/aromatic N) is 1. The third-order valence-electron chi connectivity index (χ3n) is 2.90. The highest BCUT2D eigenvalue weighted by Crippen LogP contribution is 2.27. The first-order valence-corrected chi connectivity index (χ1v) is 6.36. The third kappa shape index (κ3) is 3.04. The van der Waals surface area contributed by atoms with Crippen LogP contribution in [-0.2, 0) is 0 Å². The minimum absolute atomic E-state index is 0.0862. The van der Waals surface area contributed by atoms with Crippen molar-refractivity contribution < 1.29 is 4.79 Å². The number of hydrogen-bond acceptors (Lipinski definition) is 4. The summed E-state index contributed by atoms with van der Waals surface area (Å²) in [5.74, 6) is 0.0862. The van der Waals surface area contributed by atoms with Crippen molar-refractivity contribution in [3.63, 3.8) is 0 Å². The van der Waals surface area contributed by atoms with Gasteiger partial charge in [0.25, 0.3) is 0 Å². The molecule has 1 heterocycles. The molecule has 1 N–H and O–H groups in total. The first-order chi connectivity index (χ1) is 7.37. The molecule has 0 atom stereocenters. The van der Waals surface area contributed by atoms with Gasteiger partial charge in [0.15, 0.2) is 5.78 Å². The predicted molar refractivity (Wildman–Crippen MR) is 69.4 cm³/mol. The van der Waals surface area contributed by atoms with Crippen LogP contribution >= 0.6 is 11.5 Å². The Morgan fingerprint density at radius 3 is 2.62 bits per heavy atom. The molecule has 0 aliphatic heterocycles. The number of carbonyl (C=O) groups is 1. The highest BCUT2D eigenvalue weighted by atomic mass is 32.1. The summed E-state index contributed by atoms with van der Waals surface area (Å²) in [7, 11) is 0. The molecule has 0 bridgehead atoms. The Hall–Kier alpha value is -0.900. The fourth-order valence-electron chi connectivity index (χ4n) is 1.35. The van der Waals surface area contributed by atoms with Gasteiger partial charge in [0.1, 0.15) is 5.00 Å². The van der Waals surface area contributed by atoms with Gasteiger partial charge >= 0.3 is 0 Å². The van der Waals surface area contributed by atoms with Gasteiger partial charge in [-0.15, -0.1) is 0 Å². The minimum atomic E-state index is 0.0862. The molecule has 0 aliphatic rings. The van der Waals surface area contributed by atoms with Crippen molar-refractivity contribution in [3.8, 4) is 0 Å². The number of hydrogen-bond donors (Lipinski definition) is 1. The standard InChI is InChI=1S/C12H20N2OS/c1-6-12(4,5)7-13-11-10(9(3)15)8(2)14-16-11/h13H,6-7H2,1-5H3. The molecule has 90 valence electrons. The van der Waals surface area contributed by atoms with Gasteiger partial charge in [-0.2, -0.15) is 4.37 Å². The normalized spacial score (nSPS) is 11.6. The van der Waals surface area contributed by atoms with Crippen LogP contribution in [0.3, 0.4) is 0 Å². The van der Waals surface area contributed by atoms with Gasteiger partial charge < -0.3 is 5.32 Å². The zero-order valence-corrected chi connectivity index (χ0v) is 11.5. The van der Waals surface area contributed by atoms with Crippen LogP contribution in [0, 0.1) is 12.3 Å². The molecule has 0 saturated heterocycles. The molecule has 4 heteroatoms. The summed E-state index contributed by atoms with van der Waals surface area (Å²) < 4.78 is 4.22. The molecule has 0 aliphatic carbocycles. The maximum Gasteiger partial charge on any atom is 0.164 e. The van der Waals surface area contributed by atoms with Gasteiger partial charge in [-0.25, -0.2) is 0 Å². The Morgan fingerprint density at radius 1 is 1.50 bits per heavy atom. The van der Waals surface area contributed by atoms with Crippen molar-refractivity contribution in [3.05, 3.63) is 11.3 Å². The van der Waals surface area contributed by atoms with E-state index in [9.17, 15) is 4.79 Å². The summed E-state index contributed by atoms with van der Waals surface area (Å²) in [5, 5.41) is 4.25. The van der Waals surface area contributed by atoms with Gasteiger partial charge in [0.05, 0.1) is 11.3 Å². The van der Waals surface area contributed by atoms with E-state index in [1.54, 1.807) is 6.92 Å². The maximum absolute atomic E-state index is 11.5. The summed E-state index contributed by atoms with van der Waals surface area (Å²) in [4.78, 5) is 11.5. The second-order valence-corrected chi connectivity index (χ2v) is 5.67. The SMILES string of the molecule is CCC(C)(C)CNc1snc(C)c1C(C)=O. The van der Waals surface area contributed by atoms with Gasteiger partial charge in [-0.05, 0) is 37.2 Å². The highest BCUT2D eigenvalue weighted by molar-refractivity contribution is 7.10. The van der Waals surface area contributed by atoms with Crippen molar-refractivity contribution in [2.24, 2.45) is 5.41 Å².